The predicted molar refractivity (Wildman–Crippen MR) is 209 cm³/mol. The molecule has 51 heavy (non-hydrogen) atoms. The molecule has 0 atom stereocenters. The van der Waals surface area contributed by atoms with E-state index in [9.17, 15) is 0 Å². The first-order valence-electron chi connectivity index (χ1n) is 17.2. The maximum absolute atomic E-state index is 6.60. The van der Waals surface area contributed by atoms with Crippen LogP contribution in [0.25, 0.3) is 99.7 Å². The summed E-state index contributed by atoms with van der Waals surface area (Å²) in [6.45, 7) is 0. The fraction of sp³-hybridized carbons (Fsp3) is 0. The van der Waals surface area contributed by atoms with E-state index in [1.165, 1.54) is 10.8 Å². The van der Waals surface area contributed by atoms with Gasteiger partial charge in [0, 0.05) is 49.5 Å². The third-order valence-corrected chi connectivity index (χ3v) is 10.1. The number of para-hydroxylation sites is 4. The van der Waals surface area contributed by atoms with Crippen LogP contribution in [0.5, 0.6) is 0 Å². The summed E-state index contributed by atoms with van der Waals surface area (Å²) >= 11 is 0. The van der Waals surface area contributed by atoms with Gasteiger partial charge in [0.1, 0.15) is 11.4 Å². The number of hydrogen-bond acceptors (Lipinski definition) is 3. The minimum Gasteiger partial charge on any atom is -0.454 e. The van der Waals surface area contributed by atoms with Gasteiger partial charge in [-0.05, 0) is 30.3 Å². The van der Waals surface area contributed by atoms with Gasteiger partial charge in [0.2, 0.25) is 0 Å². The Morgan fingerprint density at radius 2 is 1.08 bits per heavy atom. The van der Waals surface area contributed by atoms with Crippen molar-refractivity contribution < 1.29 is 4.42 Å². The topological polar surface area (TPSA) is 48.8 Å². The Kier molecular flexibility index (Phi) is 5.89. The van der Waals surface area contributed by atoms with Crippen molar-refractivity contribution in [3.05, 3.63) is 170 Å². The molecule has 0 saturated carbocycles. The van der Waals surface area contributed by atoms with Crippen LogP contribution < -0.4 is 0 Å². The molecule has 238 valence electrons. The first-order valence-corrected chi connectivity index (χ1v) is 17.2. The number of hydrogen-bond donors (Lipinski definition) is 0. The normalized spacial score (nSPS) is 11.9. The van der Waals surface area contributed by atoms with Crippen LogP contribution in [0, 0.1) is 0 Å². The fourth-order valence-electron chi connectivity index (χ4n) is 7.94. The third kappa shape index (κ3) is 4.09. The number of nitrogens with zero attached hydrogens (tertiary/aromatic N) is 4. The minimum absolute atomic E-state index is 0.684. The van der Waals surface area contributed by atoms with Gasteiger partial charge in [0.15, 0.2) is 11.4 Å². The van der Waals surface area contributed by atoms with Crippen LogP contribution in [0.2, 0.25) is 0 Å². The lowest BCUT2D eigenvalue weighted by Crippen LogP contribution is -2.02. The largest absolute Gasteiger partial charge is 0.454 e. The lowest BCUT2D eigenvalue weighted by Gasteiger charge is -2.13. The van der Waals surface area contributed by atoms with E-state index >= 15 is 0 Å². The summed E-state index contributed by atoms with van der Waals surface area (Å²) in [6, 6.07) is 59.3. The Balaban J connectivity index is 1.29. The third-order valence-electron chi connectivity index (χ3n) is 10.1. The molecule has 5 heteroatoms. The van der Waals surface area contributed by atoms with Crippen LogP contribution in [0.4, 0.5) is 0 Å². The zero-order valence-corrected chi connectivity index (χ0v) is 27.4. The molecule has 0 unspecified atom stereocenters. The molecule has 5 nitrogen and oxygen atoms in total. The molecule has 0 bridgehead atoms. The second kappa shape index (κ2) is 10.8. The molecule has 0 amide bonds. The number of aromatic nitrogens is 4. The van der Waals surface area contributed by atoms with E-state index in [1.54, 1.807) is 0 Å². The van der Waals surface area contributed by atoms with Gasteiger partial charge in [-0.1, -0.05) is 133 Å². The molecule has 11 aromatic rings. The van der Waals surface area contributed by atoms with Crippen LogP contribution >= 0.6 is 0 Å². The second-order valence-corrected chi connectivity index (χ2v) is 13.0. The van der Waals surface area contributed by atoms with Crippen molar-refractivity contribution in [3.63, 3.8) is 0 Å². The van der Waals surface area contributed by atoms with Crippen LogP contribution in [-0.2, 0) is 0 Å². The van der Waals surface area contributed by atoms with Gasteiger partial charge in [0.05, 0.1) is 33.4 Å². The Morgan fingerprint density at radius 3 is 1.88 bits per heavy atom. The van der Waals surface area contributed by atoms with Crippen molar-refractivity contribution in [2.75, 3.05) is 0 Å². The van der Waals surface area contributed by atoms with E-state index in [1.807, 2.05) is 36.4 Å². The Labute approximate surface area is 292 Å². The average molecular weight is 653 g/mol. The van der Waals surface area contributed by atoms with Crippen LogP contribution in [-0.4, -0.2) is 19.1 Å². The molecule has 0 aliphatic rings. The molecular formula is C46H28N4O. The predicted octanol–water partition coefficient (Wildman–Crippen LogP) is 11.9. The first-order chi connectivity index (χ1) is 25.3. The molecule has 4 aromatic heterocycles. The quantitative estimate of drug-likeness (QED) is 0.190. The smallest absolute Gasteiger partial charge is 0.162 e. The van der Waals surface area contributed by atoms with E-state index in [4.69, 9.17) is 14.4 Å². The Hall–Kier alpha value is -6.98. The highest BCUT2D eigenvalue weighted by Crippen LogP contribution is 2.43. The maximum atomic E-state index is 6.60. The molecule has 0 fully saturated rings. The van der Waals surface area contributed by atoms with Gasteiger partial charge in [0.25, 0.3) is 0 Å². The van der Waals surface area contributed by atoms with Gasteiger partial charge in [-0.3, -0.25) is 4.57 Å². The first kappa shape index (κ1) is 27.9. The Morgan fingerprint density at radius 1 is 0.431 bits per heavy atom. The van der Waals surface area contributed by atoms with E-state index in [-0.39, 0.29) is 0 Å². The highest BCUT2D eigenvalue weighted by molar-refractivity contribution is 6.26. The number of rotatable bonds is 4. The minimum atomic E-state index is 0.684. The molecule has 0 N–H and O–H groups in total. The average Bonchev–Trinajstić information content (AvgIpc) is 3.86. The number of furan rings is 1. The maximum Gasteiger partial charge on any atom is 0.162 e. The van der Waals surface area contributed by atoms with Crippen molar-refractivity contribution >= 4 is 65.6 Å². The molecule has 0 spiro atoms. The molecule has 0 radical (unpaired) electrons. The summed E-state index contributed by atoms with van der Waals surface area (Å²) < 4.78 is 11.3. The highest BCUT2D eigenvalue weighted by atomic mass is 16.3. The monoisotopic (exact) mass is 652 g/mol. The zero-order chi connectivity index (χ0) is 33.5. The summed E-state index contributed by atoms with van der Waals surface area (Å²) in [7, 11) is 0. The molecule has 7 aromatic carbocycles. The van der Waals surface area contributed by atoms with Crippen molar-refractivity contribution in [2.45, 2.75) is 0 Å². The van der Waals surface area contributed by atoms with Gasteiger partial charge in [-0.2, -0.15) is 0 Å². The second-order valence-electron chi connectivity index (χ2n) is 13.0. The Bertz CT molecular complexity index is 3080. The summed E-state index contributed by atoms with van der Waals surface area (Å²) in [5, 5.41) is 6.89. The molecular weight excluding hydrogens is 625 g/mol. The summed E-state index contributed by atoms with van der Waals surface area (Å²) in [4.78, 5) is 10.4. The summed E-state index contributed by atoms with van der Waals surface area (Å²) in [6.07, 6.45) is 0. The van der Waals surface area contributed by atoms with Gasteiger partial charge < -0.3 is 8.98 Å². The molecule has 0 aliphatic heterocycles. The van der Waals surface area contributed by atoms with E-state index in [2.05, 4.69) is 143 Å². The number of fused-ring (bicyclic) bond motifs is 10. The fourth-order valence-corrected chi connectivity index (χ4v) is 7.94. The van der Waals surface area contributed by atoms with Gasteiger partial charge in [-0.15, -0.1) is 0 Å². The lowest BCUT2D eigenvalue weighted by atomic mass is 10.1. The van der Waals surface area contributed by atoms with Crippen LogP contribution in [0.15, 0.2) is 174 Å². The van der Waals surface area contributed by atoms with Crippen molar-refractivity contribution in [1.29, 1.82) is 0 Å². The van der Waals surface area contributed by atoms with Crippen molar-refractivity contribution in [1.82, 2.24) is 19.1 Å². The van der Waals surface area contributed by atoms with Crippen LogP contribution in [0.1, 0.15) is 0 Å². The molecule has 4 heterocycles. The lowest BCUT2D eigenvalue weighted by molar-refractivity contribution is 0.666. The van der Waals surface area contributed by atoms with E-state index in [0.717, 1.165) is 83.1 Å². The van der Waals surface area contributed by atoms with Gasteiger partial charge in [-0.25, -0.2) is 9.97 Å². The summed E-state index contributed by atoms with van der Waals surface area (Å²) in [5.41, 5.74) is 10.1. The SMILES string of the molecule is c1ccc(-c2cc(-n3c4ccccc4c4ccc5c(c6ccccc6n5-c5cccc6c5oc5ccccc56)c43)nc(-c3ccccc3)n2)cc1. The molecule has 0 aliphatic carbocycles. The van der Waals surface area contributed by atoms with E-state index in [0.29, 0.717) is 5.82 Å². The zero-order valence-electron chi connectivity index (χ0n) is 27.4. The van der Waals surface area contributed by atoms with Crippen LogP contribution in [0.3, 0.4) is 0 Å². The van der Waals surface area contributed by atoms with E-state index < -0.39 is 0 Å². The summed E-state index contributed by atoms with van der Waals surface area (Å²) in [5.74, 6) is 1.50. The van der Waals surface area contributed by atoms with Gasteiger partial charge >= 0.3 is 0 Å². The van der Waals surface area contributed by atoms with Crippen molar-refractivity contribution in [3.8, 4) is 34.2 Å². The van der Waals surface area contributed by atoms with Crippen molar-refractivity contribution in [2.24, 2.45) is 0 Å². The standard InChI is InChI=1S/C46H28N4O/c1-3-14-29(15-4-1)36-28-42(48-46(47-36)30-16-5-2-6-17-30)50-37-22-10-7-18-31(37)33-26-27-39-43(44(33)50)35-20-8-11-23-38(35)49(39)40-24-13-21-34-32-19-9-12-25-41(32)51-45(34)40/h1-28H. The number of benzene rings is 7. The molecule has 11 rings (SSSR count). The molecule has 0 saturated heterocycles. The highest BCUT2D eigenvalue weighted by Gasteiger charge is 2.23.